The molecule has 228 valence electrons. The fourth-order valence-electron chi connectivity index (χ4n) is 5.55. The minimum Gasteiger partial charge on any atom is -0.478 e. The van der Waals surface area contributed by atoms with Crippen molar-refractivity contribution in [2.24, 2.45) is 0 Å². The molecule has 1 aromatic carbocycles. The van der Waals surface area contributed by atoms with Crippen molar-refractivity contribution < 1.29 is 32.9 Å². The van der Waals surface area contributed by atoms with Crippen LogP contribution in [0, 0.1) is 11.3 Å². The van der Waals surface area contributed by atoms with Crippen LogP contribution in [0.5, 0.6) is 11.6 Å². The van der Waals surface area contributed by atoms with Crippen LogP contribution in [-0.4, -0.2) is 67.9 Å². The number of pyridine rings is 2. The number of nitrogens with zero attached hydrogens (tertiary/aromatic N) is 6. The number of halogens is 2. The summed E-state index contributed by atoms with van der Waals surface area (Å²) in [6, 6.07) is 13.8. The van der Waals surface area contributed by atoms with Crippen molar-refractivity contribution in [1.82, 2.24) is 24.4 Å². The third-order valence-electron chi connectivity index (χ3n) is 7.98. The summed E-state index contributed by atoms with van der Waals surface area (Å²) < 4.78 is 44.5. The first-order valence-corrected chi connectivity index (χ1v) is 14.4. The van der Waals surface area contributed by atoms with Gasteiger partial charge in [0.05, 0.1) is 41.5 Å². The molecule has 0 saturated carbocycles. The van der Waals surface area contributed by atoms with Gasteiger partial charge >= 0.3 is 12.6 Å². The number of alkyl halides is 2. The van der Waals surface area contributed by atoms with Gasteiger partial charge in [0, 0.05) is 30.5 Å². The van der Waals surface area contributed by atoms with Gasteiger partial charge < -0.3 is 23.9 Å². The number of ether oxygens (including phenoxy) is 3. The molecule has 3 aromatic heterocycles. The molecule has 1 atom stereocenters. The molecule has 5 heterocycles. The van der Waals surface area contributed by atoms with E-state index in [1.54, 1.807) is 18.2 Å². The van der Waals surface area contributed by atoms with Gasteiger partial charge in [-0.25, -0.2) is 14.8 Å². The summed E-state index contributed by atoms with van der Waals surface area (Å²) in [6.45, 7) is 0.188. The number of aromatic carboxylic acids is 1. The van der Waals surface area contributed by atoms with E-state index in [-0.39, 0.29) is 35.5 Å². The number of hydrogen-bond donors (Lipinski definition) is 1. The highest BCUT2D eigenvalue weighted by molar-refractivity contribution is 5.95. The number of carboxylic acids is 1. The van der Waals surface area contributed by atoms with Crippen LogP contribution in [0.15, 0.2) is 48.7 Å². The molecule has 2 aliphatic rings. The Labute approximate surface area is 251 Å². The number of benzene rings is 1. The van der Waals surface area contributed by atoms with Gasteiger partial charge in [0.25, 0.3) is 0 Å². The van der Waals surface area contributed by atoms with E-state index in [0.717, 1.165) is 44.1 Å². The second kappa shape index (κ2) is 12.9. The minimum absolute atomic E-state index is 0.0573. The Kier molecular flexibility index (Phi) is 8.63. The van der Waals surface area contributed by atoms with Crippen molar-refractivity contribution >= 4 is 17.0 Å². The van der Waals surface area contributed by atoms with Crippen LogP contribution >= 0.6 is 0 Å². The molecule has 0 spiro atoms. The maximum absolute atomic E-state index is 13.2. The van der Waals surface area contributed by atoms with E-state index in [0.29, 0.717) is 48.2 Å². The molecule has 2 aliphatic heterocycles. The maximum Gasteiger partial charge on any atom is 0.387 e. The Morgan fingerprint density at radius 3 is 2.64 bits per heavy atom. The molecule has 4 aromatic rings. The number of imidazole rings is 1. The second-order valence-electron chi connectivity index (χ2n) is 10.8. The molecule has 0 aliphatic carbocycles. The number of piperidine rings is 1. The molecule has 13 heteroatoms. The molecule has 0 bridgehead atoms. The first-order chi connectivity index (χ1) is 21.4. The summed E-state index contributed by atoms with van der Waals surface area (Å²) in [5.74, 6) is -0.122. The largest absolute Gasteiger partial charge is 0.478 e. The Hall–Kier alpha value is -4.67. The predicted molar refractivity (Wildman–Crippen MR) is 152 cm³/mol. The molecule has 6 rings (SSSR count). The van der Waals surface area contributed by atoms with Gasteiger partial charge in [-0.3, -0.25) is 9.88 Å². The fourth-order valence-corrected chi connectivity index (χ4v) is 5.55. The number of fused-ring (bicyclic) bond motifs is 1. The van der Waals surface area contributed by atoms with Crippen molar-refractivity contribution in [3.63, 3.8) is 0 Å². The molecular weight excluding hydrogens is 574 g/mol. The third-order valence-corrected chi connectivity index (χ3v) is 7.98. The van der Waals surface area contributed by atoms with Crippen LogP contribution in [0.3, 0.4) is 0 Å². The molecule has 11 nitrogen and oxygen atoms in total. The highest BCUT2D eigenvalue weighted by Crippen LogP contribution is 2.33. The summed E-state index contributed by atoms with van der Waals surface area (Å²) in [6.07, 6.45) is 4.00. The van der Waals surface area contributed by atoms with E-state index >= 15 is 0 Å². The third kappa shape index (κ3) is 6.61. The topological polar surface area (TPSA) is 136 Å². The highest BCUT2D eigenvalue weighted by Gasteiger charge is 2.28. The molecule has 1 N–H and O–H groups in total. The normalized spacial score (nSPS) is 17.4. The molecule has 0 unspecified atom stereocenters. The van der Waals surface area contributed by atoms with Gasteiger partial charge in [-0.2, -0.15) is 14.0 Å². The van der Waals surface area contributed by atoms with E-state index < -0.39 is 12.6 Å². The van der Waals surface area contributed by atoms with Crippen molar-refractivity contribution in [3.05, 3.63) is 77.0 Å². The average Bonchev–Trinajstić information content (AvgIpc) is 3.35. The lowest BCUT2D eigenvalue weighted by molar-refractivity contribution is -0.0592. The first-order valence-electron chi connectivity index (χ1n) is 14.4. The SMILES string of the molecule is N#Cc1ccc(COc2cccc(C3CCN(Cc4nc5c(OC(F)F)cc(C(=O)O)cc5n4C[C@@H]4CCO4)CC3)n2)nc1. The Morgan fingerprint density at radius 1 is 1.16 bits per heavy atom. The van der Waals surface area contributed by atoms with E-state index in [1.165, 1.54) is 12.3 Å². The fraction of sp³-hybridized carbons (Fsp3) is 0.387. The Bertz CT molecular complexity index is 1680. The summed E-state index contributed by atoms with van der Waals surface area (Å²) in [7, 11) is 0. The number of nitriles is 1. The van der Waals surface area contributed by atoms with E-state index in [2.05, 4.69) is 14.9 Å². The number of likely N-dealkylation sites (tertiary alicyclic amines) is 1. The van der Waals surface area contributed by atoms with Crippen LogP contribution in [0.4, 0.5) is 8.78 Å². The second-order valence-corrected chi connectivity index (χ2v) is 10.8. The predicted octanol–water partition coefficient (Wildman–Crippen LogP) is 4.75. The van der Waals surface area contributed by atoms with Crippen LogP contribution in [0.25, 0.3) is 11.0 Å². The summed E-state index contributed by atoms with van der Waals surface area (Å²) in [4.78, 5) is 27.7. The lowest BCUT2D eigenvalue weighted by Gasteiger charge is -2.32. The zero-order chi connectivity index (χ0) is 30.6. The standard InChI is InChI=1S/C31H30F2N6O5/c32-31(33)44-26-13-21(30(40)41)12-25-29(26)37-27(39(25)16-23-8-11-42-23)17-38-9-6-20(7-10-38)24-2-1-3-28(36-24)43-18-22-5-4-19(14-34)15-35-22/h1-5,12-13,15,20,23,31H,6-11,16-18H2,(H,40,41)/t23-/m0/s1. The van der Waals surface area contributed by atoms with Crippen LogP contribution < -0.4 is 9.47 Å². The van der Waals surface area contributed by atoms with Crippen LogP contribution in [-0.2, 0) is 24.4 Å². The number of aromatic nitrogens is 4. The zero-order valence-electron chi connectivity index (χ0n) is 23.7. The van der Waals surface area contributed by atoms with Crippen molar-refractivity contribution in [2.45, 2.75) is 57.6 Å². The van der Waals surface area contributed by atoms with Crippen LogP contribution in [0.2, 0.25) is 0 Å². The zero-order valence-corrected chi connectivity index (χ0v) is 23.7. The minimum atomic E-state index is -3.12. The molecule has 0 amide bonds. The molecule has 44 heavy (non-hydrogen) atoms. The number of hydrogen-bond acceptors (Lipinski definition) is 9. The Balaban J connectivity index is 1.15. The van der Waals surface area contributed by atoms with E-state index in [1.807, 2.05) is 22.8 Å². The highest BCUT2D eigenvalue weighted by atomic mass is 19.3. The van der Waals surface area contributed by atoms with Gasteiger partial charge in [-0.15, -0.1) is 0 Å². The van der Waals surface area contributed by atoms with Gasteiger partial charge in [-0.1, -0.05) is 6.07 Å². The molecule has 0 radical (unpaired) electrons. The van der Waals surface area contributed by atoms with Gasteiger partial charge in [-0.05, 0) is 62.7 Å². The lowest BCUT2D eigenvalue weighted by Crippen LogP contribution is -2.35. The average molecular weight is 605 g/mol. The van der Waals surface area contributed by atoms with Crippen LogP contribution in [0.1, 0.15) is 58.3 Å². The van der Waals surface area contributed by atoms with E-state index in [4.69, 9.17) is 24.5 Å². The molecular formula is C31H30F2N6O5. The van der Waals surface area contributed by atoms with Gasteiger partial charge in [0.15, 0.2) is 5.75 Å². The van der Waals surface area contributed by atoms with Crippen molar-refractivity contribution in [1.29, 1.82) is 5.26 Å². The number of carboxylic acid groups (broad SMARTS) is 1. The smallest absolute Gasteiger partial charge is 0.387 e. The first kappa shape index (κ1) is 29.4. The number of carbonyl (C=O) groups is 1. The summed E-state index contributed by atoms with van der Waals surface area (Å²) >= 11 is 0. The molecule has 2 saturated heterocycles. The number of rotatable bonds is 11. The monoisotopic (exact) mass is 604 g/mol. The van der Waals surface area contributed by atoms with E-state index in [9.17, 15) is 18.7 Å². The summed E-state index contributed by atoms with van der Waals surface area (Å²) in [5.41, 5.74) is 2.62. The van der Waals surface area contributed by atoms with Gasteiger partial charge in [0.1, 0.15) is 24.0 Å². The maximum atomic E-state index is 13.2. The molecule has 2 fully saturated rings. The lowest BCUT2D eigenvalue weighted by atomic mass is 9.93. The summed E-state index contributed by atoms with van der Waals surface area (Å²) in [5, 5.41) is 18.5. The van der Waals surface area contributed by atoms with Crippen molar-refractivity contribution in [3.8, 4) is 17.7 Å². The Morgan fingerprint density at radius 2 is 1.98 bits per heavy atom. The van der Waals surface area contributed by atoms with Crippen molar-refractivity contribution in [2.75, 3.05) is 19.7 Å². The van der Waals surface area contributed by atoms with Gasteiger partial charge in [0.2, 0.25) is 5.88 Å². The quantitative estimate of drug-likeness (QED) is 0.256.